The van der Waals surface area contributed by atoms with E-state index in [-0.39, 0.29) is 24.2 Å². The molecule has 2 N–H and O–H groups in total. The lowest BCUT2D eigenvalue weighted by Crippen LogP contribution is -2.59. The van der Waals surface area contributed by atoms with Crippen molar-refractivity contribution in [2.45, 2.75) is 31.5 Å². The van der Waals surface area contributed by atoms with Gasteiger partial charge < -0.3 is 20.1 Å². The van der Waals surface area contributed by atoms with Crippen molar-refractivity contribution >= 4 is 5.91 Å². The molecule has 2 rings (SSSR count). The van der Waals surface area contributed by atoms with Gasteiger partial charge in [0.25, 0.3) is 0 Å². The molecule has 0 aromatic rings. The monoisotopic (exact) mass is 228 g/mol. The molecule has 92 valence electrons. The first-order valence-electron chi connectivity index (χ1n) is 5.91. The fourth-order valence-corrected chi connectivity index (χ4v) is 1.90. The number of ether oxygens (including phenoxy) is 2. The fraction of sp³-hybridized carbons (Fsp3) is 0.909. The molecule has 1 unspecified atom stereocenters. The Bertz CT molecular complexity index is 248. The van der Waals surface area contributed by atoms with E-state index < -0.39 is 0 Å². The Morgan fingerprint density at radius 2 is 2.44 bits per heavy atom. The molecule has 0 aliphatic carbocycles. The summed E-state index contributed by atoms with van der Waals surface area (Å²) in [6.07, 6.45) is 2.34. The highest BCUT2D eigenvalue weighted by Gasteiger charge is 2.33. The van der Waals surface area contributed by atoms with Gasteiger partial charge in [-0.25, -0.2) is 0 Å². The second-order valence-corrected chi connectivity index (χ2v) is 4.78. The summed E-state index contributed by atoms with van der Waals surface area (Å²) >= 11 is 0. The van der Waals surface area contributed by atoms with Gasteiger partial charge in [-0.3, -0.25) is 4.79 Å². The number of carbonyl (C=O) groups is 1. The molecule has 0 aromatic carbocycles. The van der Waals surface area contributed by atoms with Gasteiger partial charge in [-0.05, 0) is 19.8 Å². The minimum Gasteiger partial charge on any atom is -0.376 e. The number of hydrogen-bond donors (Lipinski definition) is 2. The molecule has 0 bridgehead atoms. The van der Waals surface area contributed by atoms with Crippen LogP contribution in [0.1, 0.15) is 19.8 Å². The smallest absolute Gasteiger partial charge is 0.246 e. The van der Waals surface area contributed by atoms with Crippen molar-refractivity contribution < 1.29 is 14.3 Å². The van der Waals surface area contributed by atoms with Crippen molar-refractivity contribution in [3.8, 4) is 0 Å². The summed E-state index contributed by atoms with van der Waals surface area (Å²) in [5.41, 5.74) is -0.152. The molecule has 5 heteroatoms. The van der Waals surface area contributed by atoms with Gasteiger partial charge in [0, 0.05) is 26.2 Å². The molecule has 2 heterocycles. The van der Waals surface area contributed by atoms with Crippen molar-refractivity contribution in [3.05, 3.63) is 0 Å². The van der Waals surface area contributed by atoms with Crippen molar-refractivity contribution in [3.63, 3.8) is 0 Å². The van der Waals surface area contributed by atoms with Crippen LogP contribution in [0.5, 0.6) is 0 Å². The van der Waals surface area contributed by atoms with Crippen LogP contribution in [0, 0.1) is 0 Å². The minimum atomic E-state index is -0.152. The SMILES string of the molecule is CC1(OCC(=O)NCC2CCCO2)CNC1. The van der Waals surface area contributed by atoms with E-state index in [0.29, 0.717) is 6.54 Å². The van der Waals surface area contributed by atoms with E-state index in [1.807, 2.05) is 6.92 Å². The van der Waals surface area contributed by atoms with Crippen LogP contribution in [0.2, 0.25) is 0 Å². The van der Waals surface area contributed by atoms with Gasteiger partial charge in [-0.1, -0.05) is 0 Å². The lowest BCUT2D eigenvalue weighted by Gasteiger charge is -2.38. The van der Waals surface area contributed by atoms with Crippen LogP contribution in [-0.2, 0) is 14.3 Å². The summed E-state index contributed by atoms with van der Waals surface area (Å²) in [5, 5.41) is 5.96. The van der Waals surface area contributed by atoms with Gasteiger partial charge in [0.05, 0.1) is 11.7 Å². The van der Waals surface area contributed by atoms with E-state index in [4.69, 9.17) is 9.47 Å². The Kier molecular flexibility index (Phi) is 3.78. The third-order valence-corrected chi connectivity index (χ3v) is 3.10. The van der Waals surface area contributed by atoms with E-state index in [1.54, 1.807) is 0 Å². The van der Waals surface area contributed by atoms with E-state index >= 15 is 0 Å². The first-order chi connectivity index (χ1) is 7.68. The molecule has 2 aliphatic heterocycles. The number of hydrogen-bond acceptors (Lipinski definition) is 4. The maximum Gasteiger partial charge on any atom is 0.246 e. The summed E-state index contributed by atoms with van der Waals surface area (Å²) in [6.45, 7) is 5.23. The normalized spacial score (nSPS) is 27.4. The van der Waals surface area contributed by atoms with Crippen LogP contribution in [-0.4, -0.2) is 50.5 Å². The van der Waals surface area contributed by atoms with Crippen LogP contribution >= 0.6 is 0 Å². The Hall–Kier alpha value is -0.650. The Morgan fingerprint density at radius 1 is 1.62 bits per heavy atom. The van der Waals surface area contributed by atoms with Crippen LogP contribution in [0.3, 0.4) is 0 Å². The minimum absolute atomic E-state index is 0.0522. The number of amides is 1. The maximum atomic E-state index is 11.5. The van der Waals surface area contributed by atoms with Crippen LogP contribution in [0.15, 0.2) is 0 Å². The highest BCUT2D eigenvalue weighted by molar-refractivity contribution is 5.77. The van der Waals surface area contributed by atoms with E-state index in [9.17, 15) is 4.79 Å². The van der Waals surface area contributed by atoms with Crippen LogP contribution < -0.4 is 10.6 Å². The molecule has 0 radical (unpaired) electrons. The Morgan fingerprint density at radius 3 is 3.00 bits per heavy atom. The molecule has 1 atom stereocenters. The lowest BCUT2D eigenvalue weighted by molar-refractivity contribution is -0.136. The molecule has 2 saturated heterocycles. The second kappa shape index (κ2) is 5.12. The molecule has 5 nitrogen and oxygen atoms in total. The molecule has 2 fully saturated rings. The molecular formula is C11H20N2O3. The van der Waals surface area contributed by atoms with Gasteiger partial charge in [0.15, 0.2) is 0 Å². The number of carbonyl (C=O) groups excluding carboxylic acids is 1. The summed E-state index contributed by atoms with van der Waals surface area (Å²) in [6, 6.07) is 0. The third kappa shape index (κ3) is 3.17. The maximum absolute atomic E-state index is 11.5. The molecular weight excluding hydrogens is 208 g/mol. The first kappa shape index (κ1) is 11.8. The van der Waals surface area contributed by atoms with Gasteiger partial charge >= 0.3 is 0 Å². The number of nitrogens with one attached hydrogen (secondary N) is 2. The molecule has 2 aliphatic rings. The fourth-order valence-electron chi connectivity index (χ4n) is 1.90. The van der Waals surface area contributed by atoms with Crippen molar-refractivity contribution in [2.75, 3.05) is 32.8 Å². The van der Waals surface area contributed by atoms with Crippen molar-refractivity contribution in [1.29, 1.82) is 0 Å². The summed E-state index contributed by atoms with van der Waals surface area (Å²) in [7, 11) is 0. The highest BCUT2D eigenvalue weighted by Crippen LogP contribution is 2.14. The molecule has 16 heavy (non-hydrogen) atoms. The lowest BCUT2D eigenvalue weighted by atomic mass is 10.0. The molecule has 0 aromatic heterocycles. The zero-order valence-electron chi connectivity index (χ0n) is 9.75. The van der Waals surface area contributed by atoms with Gasteiger partial charge in [-0.2, -0.15) is 0 Å². The predicted octanol–water partition coefficient (Wildman–Crippen LogP) is -0.340. The summed E-state index contributed by atoms with van der Waals surface area (Å²) < 4.78 is 10.9. The highest BCUT2D eigenvalue weighted by atomic mass is 16.5. The average molecular weight is 228 g/mol. The topological polar surface area (TPSA) is 59.6 Å². The molecule has 0 saturated carbocycles. The summed E-state index contributed by atoms with van der Waals surface area (Å²) in [4.78, 5) is 11.5. The van der Waals surface area contributed by atoms with Gasteiger partial charge in [0.1, 0.15) is 6.61 Å². The standard InChI is InChI=1S/C11H20N2O3/c1-11(7-12-8-11)16-6-10(14)13-5-9-3-2-4-15-9/h9,12H,2-8H2,1H3,(H,13,14). The molecule has 0 spiro atoms. The zero-order chi connectivity index (χ0) is 11.4. The van der Waals surface area contributed by atoms with E-state index in [0.717, 1.165) is 32.5 Å². The quantitative estimate of drug-likeness (QED) is 0.676. The average Bonchev–Trinajstić information content (AvgIpc) is 2.73. The Balaban J connectivity index is 1.57. The third-order valence-electron chi connectivity index (χ3n) is 3.10. The Labute approximate surface area is 95.9 Å². The van der Waals surface area contributed by atoms with Crippen LogP contribution in [0.4, 0.5) is 0 Å². The van der Waals surface area contributed by atoms with Crippen molar-refractivity contribution in [2.24, 2.45) is 0 Å². The summed E-state index contributed by atoms with van der Waals surface area (Å²) in [5.74, 6) is -0.0522. The van der Waals surface area contributed by atoms with Gasteiger partial charge in [0.2, 0.25) is 5.91 Å². The van der Waals surface area contributed by atoms with Crippen LogP contribution in [0.25, 0.3) is 0 Å². The van der Waals surface area contributed by atoms with E-state index in [2.05, 4.69) is 10.6 Å². The van der Waals surface area contributed by atoms with E-state index in [1.165, 1.54) is 0 Å². The predicted molar refractivity (Wildman–Crippen MR) is 59.2 cm³/mol. The van der Waals surface area contributed by atoms with Crippen molar-refractivity contribution in [1.82, 2.24) is 10.6 Å². The first-order valence-corrected chi connectivity index (χ1v) is 5.91. The second-order valence-electron chi connectivity index (χ2n) is 4.78. The zero-order valence-corrected chi connectivity index (χ0v) is 9.75. The largest absolute Gasteiger partial charge is 0.376 e. The number of rotatable bonds is 5. The van der Waals surface area contributed by atoms with Gasteiger partial charge in [-0.15, -0.1) is 0 Å². The molecule has 1 amide bonds.